The Morgan fingerprint density at radius 1 is 1.24 bits per heavy atom. The molecule has 118 valence electrons. The molecule has 0 aliphatic carbocycles. The summed E-state index contributed by atoms with van der Waals surface area (Å²) in [6, 6.07) is 8.05. The van der Waals surface area contributed by atoms with Crippen LogP contribution in [0.1, 0.15) is 52.6 Å². The Hall–Kier alpha value is -1.55. The van der Waals surface area contributed by atoms with Gasteiger partial charge in [0.2, 0.25) is 5.91 Å². The monoisotopic (exact) mass is 292 g/mol. The number of amides is 1. The summed E-state index contributed by atoms with van der Waals surface area (Å²) in [6.45, 7) is 10.9. The molecular formula is C17H28N2O2. The number of benzene rings is 1. The van der Waals surface area contributed by atoms with E-state index in [0.29, 0.717) is 6.42 Å². The second kappa shape index (κ2) is 8.67. The number of ether oxygens (including phenoxy) is 1. The first-order valence-electron chi connectivity index (χ1n) is 7.71. The lowest BCUT2D eigenvalue weighted by atomic mass is 10.1. The highest BCUT2D eigenvalue weighted by Gasteiger charge is 2.13. The van der Waals surface area contributed by atoms with E-state index in [1.807, 2.05) is 58.9 Å². The van der Waals surface area contributed by atoms with Crippen LogP contribution < -0.4 is 15.4 Å². The van der Waals surface area contributed by atoms with Crippen molar-refractivity contribution in [1.29, 1.82) is 0 Å². The molecule has 0 heterocycles. The smallest absolute Gasteiger partial charge is 0.222 e. The fourth-order valence-corrected chi connectivity index (χ4v) is 2.21. The number of rotatable bonds is 8. The molecule has 0 aromatic heterocycles. The van der Waals surface area contributed by atoms with Crippen molar-refractivity contribution in [3.8, 4) is 5.75 Å². The Kier molecular flexibility index (Phi) is 7.23. The standard InChI is InChI=1S/C17H28N2O2/c1-6-18-13(4)10-17(20)19-14(5)15-8-7-9-16(11-15)21-12(2)3/h7-9,11-14,18H,6,10H2,1-5H3,(H,19,20). The predicted octanol–water partition coefficient (Wildman–Crippen LogP) is 3.04. The molecule has 2 atom stereocenters. The quantitative estimate of drug-likeness (QED) is 0.774. The highest BCUT2D eigenvalue weighted by molar-refractivity contribution is 5.77. The van der Waals surface area contributed by atoms with E-state index in [-0.39, 0.29) is 24.1 Å². The number of nitrogens with one attached hydrogen (secondary N) is 2. The number of carbonyl (C=O) groups is 1. The van der Waals surface area contributed by atoms with Crippen LogP contribution in [0.2, 0.25) is 0 Å². The molecule has 1 aromatic carbocycles. The van der Waals surface area contributed by atoms with E-state index in [4.69, 9.17) is 4.74 Å². The van der Waals surface area contributed by atoms with Gasteiger partial charge in [-0.1, -0.05) is 19.1 Å². The third-order valence-electron chi connectivity index (χ3n) is 3.15. The van der Waals surface area contributed by atoms with Crippen LogP contribution in [-0.4, -0.2) is 24.6 Å². The van der Waals surface area contributed by atoms with E-state index < -0.39 is 0 Å². The minimum Gasteiger partial charge on any atom is -0.491 e. The van der Waals surface area contributed by atoms with Crippen molar-refractivity contribution in [1.82, 2.24) is 10.6 Å². The first kappa shape index (κ1) is 17.5. The highest BCUT2D eigenvalue weighted by atomic mass is 16.5. The van der Waals surface area contributed by atoms with E-state index in [2.05, 4.69) is 10.6 Å². The van der Waals surface area contributed by atoms with Crippen LogP contribution in [-0.2, 0) is 4.79 Å². The summed E-state index contributed by atoms with van der Waals surface area (Å²) in [5.41, 5.74) is 1.05. The molecule has 0 aliphatic heterocycles. The summed E-state index contributed by atoms with van der Waals surface area (Å²) in [7, 11) is 0. The lowest BCUT2D eigenvalue weighted by Gasteiger charge is -2.18. The van der Waals surface area contributed by atoms with Crippen molar-refractivity contribution in [3.63, 3.8) is 0 Å². The molecule has 4 nitrogen and oxygen atoms in total. The maximum absolute atomic E-state index is 12.0. The van der Waals surface area contributed by atoms with Gasteiger partial charge in [-0.3, -0.25) is 4.79 Å². The average molecular weight is 292 g/mol. The zero-order chi connectivity index (χ0) is 15.8. The Morgan fingerprint density at radius 3 is 2.57 bits per heavy atom. The minimum atomic E-state index is -0.0259. The molecule has 0 fully saturated rings. The molecule has 1 rings (SSSR count). The van der Waals surface area contributed by atoms with Crippen LogP contribution in [0.25, 0.3) is 0 Å². The van der Waals surface area contributed by atoms with Gasteiger partial charge in [-0.15, -0.1) is 0 Å². The largest absolute Gasteiger partial charge is 0.491 e. The van der Waals surface area contributed by atoms with Crippen LogP contribution in [0.3, 0.4) is 0 Å². The van der Waals surface area contributed by atoms with Gasteiger partial charge < -0.3 is 15.4 Å². The van der Waals surface area contributed by atoms with Gasteiger partial charge >= 0.3 is 0 Å². The summed E-state index contributed by atoms with van der Waals surface area (Å²) < 4.78 is 5.68. The maximum atomic E-state index is 12.0. The topological polar surface area (TPSA) is 50.4 Å². The minimum absolute atomic E-state index is 0.0259. The van der Waals surface area contributed by atoms with Gasteiger partial charge in [0.1, 0.15) is 5.75 Å². The third kappa shape index (κ3) is 6.63. The van der Waals surface area contributed by atoms with Crippen LogP contribution in [0.5, 0.6) is 5.75 Å². The molecule has 0 saturated carbocycles. The average Bonchev–Trinajstić information content (AvgIpc) is 2.38. The lowest BCUT2D eigenvalue weighted by Crippen LogP contribution is -2.34. The van der Waals surface area contributed by atoms with Gasteiger partial charge in [0.15, 0.2) is 0 Å². The van der Waals surface area contributed by atoms with Crippen molar-refractivity contribution in [2.75, 3.05) is 6.54 Å². The molecule has 0 bridgehead atoms. The molecule has 2 unspecified atom stereocenters. The zero-order valence-corrected chi connectivity index (χ0v) is 13.8. The van der Waals surface area contributed by atoms with Crippen LogP contribution in [0.4, 0.5) is 0 Å². The Labute approximate surface area is 128 Å². The molecule has 0 spiro atoms. The van der Waals surface area contributed by atoms with Crippen LogP contribution >= 0.6 is 0 Å². The fraction of sp³-hybridized carbons (Fsp3) is 0.588. The second-order valence-electron chi connectivity index (χ2n) is 5.69. The number of hydrogen-bond donors (Lipinski definition) is 2. The normalized spacial score (nSPS) is 13.8. The predicted molar refractivity (Wildman–Crippen MR) is 86.5 cm³/mol. The first-order chi connectivity index (χ1) is 9.92. The first-order valence-corrected chi connectivity index (χ1v) is 7.71. The molecular weight excluding hydrogens is 264 g/mol. The van der Waals surface area contributed by atoms with Gasteiger partial charge in [0.25, 0.3) is 0 Å². The number of hydrogen-bond acceptors (Lipinski definition) is 3. The molecule has 0 saturated heterocycles. The van der Waals surface area contributed by atoms with E-state index in [0.717, 1.165) is 17.9 Å². The van der Waals surface area contributed by atoms with Gasteiger partial charge in [-0.25, -0.2) is 0 Å². The lowest BCUT2D eigenvalue weighted by molar-refractivity contribution is -0.122. The van der Waals surface area contributed by atoms with E-state index in [1.54, 1.807) is 0 Å². The maximum Gasteiger partial charge on any atom is 0.222 e. The summed E-state index contributed by atoms with van der Waals surface area (Å²) in [6.07, 6.45) is 0.631. The molecule has 0 aliphatic rings. The third-order valence-corrected chi connectivity index (χ3v) is 3.15. The van der Waals surface area contributed by atoms with E-state index in [1.165, 1.54) is 0 Å². The summed E-state index contributed by atoms with van der Waals surface area (Å²) in [5, 5.41) is 6.27. The van der Waals surface area contributed by atoms with Gasteiger partial charge in [-0.2, -0.15) is 0 Å². The Balaban J connectivity index is 2.58. The SMILES string of the molecule is CCNC(C)CC(=O)NC(C)c1cccc(OC(C)C)c1. The number of carbonyl (C=O) groups excluding carboxylic acids is 1. The van der Waals surface area contributed by atoms with E-state index in [9.17, 15) is 4.79 Å². The van der Waals surface area contributed by atoms with Crippen molar-refractivity contribution >= 4 is 5.91 Å². The Morgan fingerprint density at radius 2 is 1.95 bits per heavy atom. The zero-order valence-electron chi connectivity index (χ0n) is 13.8. The van der Waals surface area contributed by atoms with Crippen LogP contribution in [0, 0.1) is 0 Å². The van der Waals surface area contributed by atoms with Crippen molar-refractivity contribution < 1.29 is 9.53 Å². The van der Waals surface area contributed by atoms with Gasteiger partial charge in [0, 0.05) is 12.5 Å². The molecule has 4 heteroatoms. The summed E-state index contributed by atoms with van der Waals surface area (Å²) in [4.78, 5) is 12.0. The summed E-state index contributed by atoms with van der Waals surface area (Å²) in [5.74, 6) is 0.899. The Bertz CT molecular complexity index is 446. The highest BCUT2D eigenvalue weighted by Crippen LogP contribution is 2.20. The van der Waals surface area contributed by atoms with E-state index >= 15 is 0 Å². The molecule has 21 heavy (non-hydrogen) atoms. The van der Waals surface area contributed by atoms with Crippen molar-refractivity contribution in [2.24, 2.45) is 0 Å². The second-order valence-corrected chi connectivity index (χ2v) is 5.69. The molecule has 1 amide bonds. The fourth-order valence-electron chi connectivity index (χ4n) is 2.21. The molecule has 1 aromatic rings. The van der Waals surface area contributed by atoms with Crippen molar-refractivity contribution in [2.45, 2.75) is 59.2 Å². The van der Waals surface area contributed by atoms with Crippen molar-refractivity contribution in [3.05, 3.63) is 29.8 Å². The molecule has 0 radical (unpaired) electrons. The van der Waals surface area contributed by atoms with Crippen LogP contribution in [0.15, 0.2) is 24.3 Å². The molecule has 2 N–H and O–H groups in total. The summed E-state index contributed by atoms with van der Waals surface area (Å²) >= 11 is 0. The van der Waals surface area contributed by atoms with Gasteiger partial charge in [0.05, 0.1) is 12.1 Å². The van der Waals surface area contributed by atoms with Gasteiger partial charge in [-0.05, 0) is 51.9 Å².